The number of aliphatic hydroxyl groups excluding tert-OH is 8. The molecule has 0 aliphatic heterocycles. The van der Waals surface area contributed by atoms with Gasteiger partial charge in [-0.25, -0.2) is 0 Å². The molecule has 0 bridgehead atoms. The maximum atomic E-state index is 7.61. The number of hydrogen-bond acceptors (Lipinski definition) is 16. The predicted octanol–water partition coefficient (Wildman–Crippen LogP) is -9.60. The summed E-state index contributed by atoms with van der Waals surface area (Å²) in [5, 5.41) is 122. The fourth-order valence-corrected chi connectivity index (χ4v) is 0. The van der Waals surface area contributed by atoms with E-state index in [1.54, 1.807) is 0 Å². The van der Waals surface area contributed by atoms with Crippen LogP contribution in [0.4, 0.5) is 0 Å². The zero-order valence-corrected chi connectivity index (χ0v) is 30.5. The molecule has 0 aliphatic rings. The third-order valence-electron chi connectivity index (χ3n) is 0. The Hall–Kier alpha value is 2.02. The van der Waals surface area contributed by atoms with Crippen LogP contribution < -0.4 is 0 Å². The van der Waals surface area contributed by atoms with Crippen molar-refractivity contribution in [2.24, 2.45) is 0 Å². The van der Waals surface area contributed by atoms with E-state index < -0.39 is 50.3 Å². The first-order chi connectivity index (χ1) is 13.9. The minimum atomic E-state index is -1.17. The molecule has 0 atom stereocenters. The normalized spacial score (nSPS) is 7.02. The second-order valence-electron chi connectivity index (χ2n) is 5.05. The number of rotatable bonds is 0. The van der Waals surface area contributed by atoms with Gasteiger partial charge in [0.15, 0.2) is 0 Å². The Labute approximate surface area is 299 Å². The molecule has 21 nitrogen and oxygen atoms in total. The van der Waals surface area contributed by atoms with Gasteiger partial charge < -0.3 is 109 Å². The molecule has 0 aromatic carbocycles. The Kier molecular flexibility index (Phi) is 286. The minimum Gasteiger partial charge on any atom is -0.412 e. The SMILES string of the molecule is CC(O)O.CC(O)O.CC(O)O.CC(O)O.CC(O)O.CC(O)O.CC(O)O.CC(O)O.O.O.O.O.O.[Ti].[Ti].[Ti].[Ti]. The molecule has 0 spiro atoms. The molecule has 0 heterocycles. The van der Waals surface area contributed by atoms with Crippen molar-refractivity contribution in [1.82, 2.24) is 0 Å². The molecule has 0 aliphatic carbocycles. The van der Waals surface area contributed by atoms with Crippen molar-refractivity contribution in [1.29, 1.82) is 0 Å². The fourth-order valence-electron chi connectivity index (χ4n) is 0. The summed E-state index contributed by atoms with van der Waals surface area (Å²) in [6.45, 7) is 10.2. The molecule has 0 radical (unpaired) electrons. The Bertz CT molecular complexity index is 165. The Morgan fingerprint density at radius 2 is 0.195 bits per heavy atom. The van der Waals surface area contributed by atoms with Gasteiger partial charge in [-0.15, -0.1) is 0 Å². The van der Waals surface area contributed by atoms with Crippen molar-refractivity contribution >= 4 is 0 Å². The second kappa shape index (κ2) is 104. The number of aliphatic hydroxyl groups is 16. The van der Waals surface area contributed by atoms with Gasteiger partial charge in [0.25, 0.3) is 0 Å². The van der Waals surface area contributed by atoms with E-state index in [1.165, 1.54) is 55.4 Å². The molecule has 264 valence electrons. The van der Waals surface area contributed by atoms with Crippen LogP contribution in [0.5, 0.6) is 0 Å². The first-order valence-electron chi connectivity index (χ1n) is 8.75. The smallest absolute Gasteiger partial charge is 0.148 e. The summed E-state index contributed by atoms with van der Waals surface area (Å²) in [6, 6.07) is 0. The van der Waals surface area contributed by atoms with Crippen LogP contribution in [-0.2, 0) is 86.9 Å². The summed E-state index contributed by atoms with van der Waals surface area (Å²) in [4.78, 5) is 0. The van der Waals surface area contributed by atoms with Crippen molar-refractivity contribution < 1.29 is 196 Å². The summed E-state index contributed by atoms with van der Waals surface area (Å²) in [7, 11) is 0. The van der Waals surface area contributed by atoms with E-state index in [0.29, 0.717) is 0 Å². The second-order valence-corrected chi connectivity index (χ2v) is 5.05. The summed E-state index contributed by atoms with van der Waals surface area (Å²) in [5.74, 6) is 0. The summed E-state index contributed by atoms with van der Waals surface area (Å²) < 4.78 is 0. The molecule has 0 fully saturated rings. The molecular formula is C16H58O21Ti4. The minimum absolute atomic E-state index is 0. The molecule has 25 heteroatoms. The van der Waals surface area contributed by atoms with Gasteiger partial charge in [0, 0.05) is 86.9 Å². The van der Waals surface area contributed by atoms with Crippen LogP contribution in [0.1, 0.15) is 55.4 Å². The van der Waals surface area contributed by atoms with E-state index in [2.05, 4.69) is 0 Å². The molecule has 0 saturated heterocycles. The van der Waals surface area contributed by atoms with Crippen LogP contribution in [-0.4, -0.2) is 159 Å². The molecule has 0 rings (SSSR count). The Morgan fingerprint density at radius 3 is 0.195 bits per heavy atom. The molecule has 0 amide bonds. The van der Waals surface area contributed by atoms with E-state index in [4.69, 9.17) is 81.7 Å². The van der Waals surface area contributed by atoms with Gasteiger partial charge >= 0.3 is 0 Å². The summed E-state index contributed by atoms with van der Waals surface area (Å²) in [5.41, 5.74) is 0. The Morgan fingerprint density at radius 1 is 0.195 bits per heavy atom. The fraction of sp³-hybridized carbons (Fsp3) is 1.00. The average Bonchev–Trinajstić information content (AvgIpc) is 2.30. The first-order valence-corrected chi connectivity index (χ1v) is 8.75. The van der Waals surface area contributed by atoms with Crippen LogP contribution in [0, 0.1) is 0 Å². The van der Waals surface area contributed by atoms with Crippen molar-refractivity contribution in [3.63, 3.8) is 0 Å². The number of hydrogen-bond donors (Lipinski definition) is 16. The zero-order chi connectivity index (χ0) is 28.6. The predicted molar refractivity (Wildman–Crippen MR) is 129 cm³/mol. The van der Waals surface area contributed by atoms with Gasteiger partial charge in [0.05, 0.1) is 0 Å². The molecule has 41 heavy (non-hydrogen) atoms. The molecule has 26 N–H and O–H groups in total. The van der Waals surface area contributed by atoms with Gasteiger partial charge in [0.2, 0.25) is 0 Å². The Balaban J connectivity index is -0.0000000104. The summed E-state index contributed by atoms with van der Waals surface area (Å²) in [6.07, 6.45) is -9.33. The monoisotopic (exact) mass is 778 g/mol. The van der Waals surface area contributed by atoms with Gasteiger partial charge in [-0.3, -0.25) is 0 Å². The van der Waals surface area contributed by atoms with E-state index in [0.717, 1.165) is 0 Å². The van der Waals surface area contributed by atoms with Crippen LogP contribution >= 0.6 is 0 Å². The van der Waals surface area contributed by atoms with Gasteiger partial charge in [0.1, 0.15) is 50.3 Å². The topological polar surface area (TPSA) is 481 Å². The van der Waals surface area contributed by atoms with Gasteiger partial charge in [-0.2, -0.15) is 0 Å². The zero-order valence-electron chi connectivity index (χ0n) is 24.3. The van der Waals surface area contributed by atoms with Crippen molar-refractivity contribution in [3.05, 3.63) is 0 Å². The first kappa shape index (κ1) is 112. The average molecular weight is 778 g/mol. The van der Waals surface area contributed by atoms with Crippen LogP contribution in [0.25, 0.3) is 0 Å². The van der Waals surface area contributed by atoms with E-state index in [9.17, 15) is 0 Å². The quantitative estimate of drug-likeness (QED) is 0.0802. The van der Waals surface area contributed by atoms with Gasteiger partial charge in [-0.1, -0.05) is 0 Å². The third-order valence-corrected chi connectivity index (χ3v) is 0. The maximum absolute atomic E-state index is 7.61. The maximum Gasteiger partial charge on any atom is 0.148 e. The van der Waals surface area contributed by atoms with Crippen LogP contribution in [0.15, 0.2) is 0 Å². The van der Waals surface area contributed by atoms with E-state index >= 15 is 0 Å². The third kappa shape index (κ3) is 16500. The largest absolute Gasteiger partial charge is 0.412 e. The standard InChI is InChI=1S/8C2H6O2.5H2O.4Ti/c8*1-2(3)4;;;;;;;;;/h8*2-4H,1H3;5*1H2;;;;. The van der Waals surface area contributed by atoms with Crippen LogP contribution in [0.2, 0.25) is 0 Å². The molecule has 0 aromatic heterocycles. The van der Waals surface area contributed by atoms with Crippen molar-refractivity contribution in [2.75, 3.05) is 0 Å². The molecule has 0 aromatic rings. The summed E-state index contributed by atoms with van der Waals surface area (Å²) >= 11 is 0. The molecular weight excluding hydrogens is 720 g/mol. The van der Waals surface area contributed by atoms with Crippen molar-refractivity contribution in [3.8, 4) is 0 Å². The molecule has 0 saturated carbocycles. The van der Waals surface area contributed by atoms with Crippen LogP contribution in [0.3, 0.4) is 0 Å². The van der Waals surface area contributed by atoms with Crippen molar-refractivity contribution in [2.45, 2.75) is 106 Å². The van der Waals surface area contributed by atoms with E-state index in [1.807, 2.05) is 0 Å². The van der Waals surface area contributed by atoms with Gasteiger partial charge in [-0.05, 0) is 55.4 Å². The van der Waals surface area contributed by atoms with E-state index in [-0.39, 0.29) is 114 Å². The molecule has 0 unspecified atom stereocenters.